The molecule has 1 N–H and O–H groups in total. The Bertz CT molecular complexity index is 1010. The number of benzene rings is 3. The molecule has 1 saturated heterocycles. The van der Waals surface area contributed by atoms with Gasteiger partial charge in [0.15, 0.2) is 0 Å². The largest absolute Gasteiger partial charge is 0.573 e. The number of halogens is 5. The molecular weight excluding hydrogens is 460 g/mol. The minimum absolute atomic E-state index is 0. The highest BCUT2D eigenvalue weighted by molar-refractivity contribution is 5.86. The highest BCUT2D eigenvalue weighted by atomic mass is 35.5. The van der Waals surface area contributed by atoms with Gasteiger partial charge in [0, 0.05) is 36.9 Å². The fraction of sp³-hybridized carbons (Fsp3) is 0.333. The molecule has 1 aliphatic rings. The van der Waals surface area contributed by atoms with Crippen molar-refractivity contribution in [2.75, 3.05) is 18.0 Å². The van der Waals surface area contributed by atoms with Crippen LogP contribution in [-0.2, 0) is 0 Å². The number of hydrogen-bond acceptors (Lipinski definition) is 3. The first-order valence-electron chi connectivity index (χ1n) is 10.2. The Morgan fingerprint density at radius 3 is 2.50 bits per heavy atom. The van der Waals surface area contributed by atoms with E-state index in [1.165, 1.54) is 28.5 Å². The van der Waals surface area contributed by atoms with Gasteiger partial charge in [-0.15, -0.1) is 38.0 Å². The zero-order valence-corrected chi connectivity index (χ0v) is 19.3. The average molecular weight is 487 g/mol. The first-order valence-corrected chi connectivity index (χ1v) is 10.2. The highest BCUT2D eigenvalue weighted by Crippen LogP contribution is 2.29. The molecule has 3 aromatic carbocycles. The van der Waals surface area contributed by atoms with Gasteiger partial charge in [-0.1, -0.05) is 48.5 Å². The lowest BCUT2D eigenvalue weighted by molar-refractivity contribution is -0.274. The van der Waals surface area contributed by atoms with E-state index in [0.29, 0.717) is 0 Å². The van der Waals surface area contributed by atoms with Crippen molar-refractivity contribution >= 4 is 41.3 Å². The second-order valence-corrected chi connectivity index (χ2v) is 7.79. The lowest BCUT2D eigenvalue weighted by atomic mass is 9.97. The molecular formula is C24H27Cl2F3N2O. The molecule has 0 spiro atoms. The minimum Gasteiger partial charge on any atom is -0.406 e. The van der Waals surface area contributed by atoms with Gasteiger partial charge in [-0.2, -0.15) is 0 Å². The van der Waals surface area contributed by atoms with Gasteiger partial charge in [0.05, 0.1) is 0 Å². The number of nitrogens with one attached hydrogen (secondary N) is 1. The lowest BCUT2D eigenvalue weighted by Crippen LogP contribution is -2.46. The summed E-state index contributed by atoms with van der Waals surface area (Å²) in [6.07, 6.45) is -2.67. The normalized spacial score (nSPS) is 17.2. The molecule has 0 radical (unpaired) electrons. The molecule has 4 rings (SSSR count). The third-order valence-corrected chi connectivity index (χ3v) is 5.61. The molecule has 0 aliphatic carbocycles. The van der Waals surface area contributed by atoms with Crippen molar-refractivity contribution in [3.63, 3.8) is 0 Å². The van der Waals surface area contributed by atoms with E-state index in [4.69, 9.17) is 0 Å². The Labute approximate surface area is 198 Å². The smallest absolute Gasteiger partial charge is 0.406 e. The Morgan fingerprint density at radius 2 is 1.72 bits per heavy atom. The maximum Gasteiger partial charge on any atom is 0.573 e. The fourth-order valence-electron chi connectivity index (χ4n) is 4.30. The molecule has 0 amide bonds. The van der Waals surface area contributed by atoms with Crippen LogP contribution in [-0.4, -0.2) is 25.5 Å². The van der Waals surface area contributed by atoms with Crippen molar-refractivity contribution in [3.05, 3.63) is 72.3 Å². The first-order chi connectivity index (χ1) is 14.4. The Hall–Kier alpha value is -2.15. The summed E-state index contributed by atoms with van der Waals surface area (Å²) >= 11 is 0. The van der Waals surface area contributed by atoms with Gasteiger partial charge in [-0.3, -0.25) is 0 Å². The maximum absolute atomic E-state index is 12.5. The van der Waals surface area contributed by atoms with E-state index >= 15 is 0 Å². The molecule has 1 heterocycles. The Balaban J connectivity index is 0.00000181. The molecule has 0 bridgehead atoms. The molecule has 32 heavy (non-hydrogen) atoms. The summed E-state index contributed by atoms with van der Waals surface area (Å²) in [7, 11) is 0. The Morgan fingerprint density at radius 1 is 1.00 bits per heavy atom. The van der Waals surface area contributed by atoms with Gasteiger partial charge in [0.25, 0.3) is 0 Å². The summed E-state index contributed by atoms with van der Waals surface area (Å²) in [6.45, 7) is 3.72. The zero-order chi connectivity index (χ0) is 21.1. The van der Waals surface area contributed by atoms with E-state index in [0.717, 1.165) is 31.6 Å². The van der Waals surface area contributed by atoms with Crippen LogP contribution in [0, 0.1) is 0 Å². The summed E-state index contributed by atoms with van der Waals surface area (Å²) in [6, 6.07) is 21.3. The number of ether oxygens (including phenoxy) is 1. The van der Waals surface area contributed by atoms with Crippen LogP contribution in [0.1, 0.15) is 31.4 Å². The van der Waals surface area contributed by atoms with Crippen molar-refractivity contribution in [2.45, 2.75) is 38.2 Å². The molecule has 0 aromatic heterocycles. The summed E-state index contributed by atoms with van der Waals surface area (Å²) in [5.74, 6) is -0.181. The summed E-state index contributed by atoms with van der Waals surface area (Å²) in [4.78, 5) is 2.13. The van der Waals surface area contributed by atoms with Crippen molar-refractivity contribution in [1.82, 2.24) is 5.32 Å². The number of anilines is 1. The van der Waals surface area contributed by atoms with E-state index in [-0.39, 0.29) is 42.6 Å². The number of alkyl halides is 3. The predicted octanol–water partition coefficient (Wildman–Crippen LogP) is 6.90. The number of fused-ring (bicyclic) bond motifs is 1. The molecule has 2 unspecified atom stereocenters. The second kappa shape index (κ2) is 11.1. The second-order valence-electron chi connectivity index (χ2n) is 7.79. The van der Waals surface area contributed by atoms with Crippen LogP contribution in [0.3, 0.4) is 0 Å². The van der Waals surface area contributed by atoms with E-state index in [1.807, 2.05) is 12.1 Å². The number of piperidine rings is 1. The van der Waals surface area contributed by atoms with Crippen LogP contribution >= 0.6 is 24.8 Å². The van der Waals surface area contributed by atoms with Gasteiger partial charge in [-0.25, -0.2) is 0 Å². The van der Waals surface area contributed by atoms with E-state index < -0.39 is 6.36 Å². The highest BCUT2D eigenvalue weighted by Gasteiger charge is 2.31. The molecule has 8 heteroatoms. The van der Waals surface area contributed by atoms with Gasteiger partial charge in [0.1, 0.15) is 5.75 Å². The Kier molecular flexibility index (Phi) is 9.08. The topological polar surface area (TPSA) is 24.5 Å². The summed E-state index contributed by atoms with van der Waals surface area (Å²) in [5.41, 5.74) is 2.01. The van der Waals surface area contributed by atoms with Gasteiger partial charge >= 0.3 is 6.36 Å². The monoisotopic (exact) mass is 486 g/mol. The summed E-state index contributed by atoms with van der Waals surface area (Å²) < 4.78 is 41.7. The molecule has 174 valence electrons. The minimum atomic E-state index is -4.68. The molecule has 1 aliphatic heterocycles. The zero-order valence-electron chi connectivity index (χ0n) is 17.6. The van der Waals surface area contributed by atoms with Crippen LogP contribution in [0.25, 0.3) is 10.8 Å². The maximum atomic E-state index is 12.5. The van der Waals surface area contributed by atoms with Crippen molar-refractivity contribution in [3.8, 4) is 5.75 Å². The third-order valence-electron chi connectivity index (χ3n) is 5.61. The molecule has 0 saturated carbocycles. The third kappa shape index (κ3) is 6.44. The van der Waals surface area contributed by atoms with Crippen molar-refractivity contribution in [2.24, 2.45) is 0 Å². The van der Waals surface area contributed by atoms with Crippen LogP contribution < -0.4 is 15.0 Å². The van der Waals surface area contributed by atoms with Gasteiger partial charge in [0.2, 0.25) is 0 Å². The van der Waals surface area contributed by atoms with Gasteiger partial charge < -0.3 is 15.0 Å². The van der Waals surface area contributed by atoms with Crippen molar-refractivity contribution in [1.29, 1.82) is 0 Å². The molecule has 3 aromatic rings. The SMILES string of the molecule is CC(NC1CCCN(c2cccc(OC(F)(F)F)c2)C1)c1cccc2ccccc12.Cl.Cl. The van der Waals surface area contributed by atoms with E-state index in [1.54, 1.807) is 6.07 Å². The van der Waals surface area contributed by atoms with Crippen LogP contribution in [0.15, 0.2) is 66.7 Å². The fourth-order valence-corrected chi connectivity index (χ4v) is 4.30. The van der Waals surface area contributed by atoms with E-state index in [2.05, 4.69) is 58.3 Å². The van der Waals surface area contributed by atoms with Crippen LogP contribution in [0.5, 0.6) is 5.75 Å². The number of nitrogens with zero attached hydrogens (tertiary/aromatic N) is 1. The predicted molar refractivity (Wildman–Crippen MR) is 128 cm³/mol. The quantitative estimate of drug-likeness (QED) is 0.424. The molecule has 2 atom stereocenters. The number of rotatable bonds is 5. The first kappa shape index (κ1) is 26.1. The molecule has 1 fully saturated rings. The van der Waals surface area contributed by atoms with Gasteiger partial charge in [-0.05, 0) is 48.2 Å². The average Bonchev–Trinajstić information content (AvgIpc) is 2.72. The van der Waals surface area contributed by atoms with Crippen LogP contribution in [0.2, 0.25) is 0 Å². The summed E-state index contributed by atoms with van der Waals surface area (Å²) in [5, 5.41) is 6.19. The molecule has 3 nitrogen and oxygen atoms in total. The van der Waals surface area contributed by atoms with Crippen molar-refractivity contribution < 1.29 is 17.9 Å². The van der Waals surface area contributed by atoms with E-state index in [9.17, 15) is 13.2 Å². The standard InChI is InChI=1S/C24H25F3N2O.2ClH/c1-17(22-13-4-8-18-7-2-3-12-23(18)22)28-19-9-6-14-29(16-19)20-10-5-11-21(15-20)30-24(25,26)27;;/h2-5,7-8,10-13,15,17,19,28H,6,9,14,16H2,1H3;2*1H. The van der Waals surface area contributed by atoms with Crippen LogP contribution in [0.4, 0.5) is 18.9 Å². The lowest BCUT2D eigenvalue weighted by Gasteiger charge is -2.36. The number of hydrogen-bond donors (Lipinski definition) is 1.